The highest BCUT2D eigenvalue weighted by Gasteiger charge is 2.68. The predicted octanol–water partition coefficient (Wildman–Crippen LogP) is 4.51. The van der Waals surface area contributed by atoms with Gasteiger partial charge in [-0.3, -0.25) is 0 Å². The molecule has 0 heterocycles. The third kappa shape index (κ3) is 1.69. The highest BCUT2D eigenvalue weighted by molar-refractivity contribution is 5.16. The Labute approximate surface area is 113 Å². The van der Waals surface area contributed by atoms with Crippen LogP contribution in [0.4, 0.5) is 0 Å². The summed E-state index contributed by atoms with van der Waals surface area (Å²) < 4.78 is 5.66. The van der Waals surface area contributed by atoms with Crippen LogP contribution in [0, 0.1) is 34.0 Å². The van der Waals surface area contributed by atoms with E-state index in [1.807, 2.05) is 0 Å². The summed E-state index contributed by atoms with van der Waals surface area (Å²) in [6.45, 7) is 14.0. The van der Waals surface area contributed by atoms with Gasteiger partial charge in [0.05, 0.1) is 6.61 Å². The average molecular weight is 250 g/mol. The van der Waals surface area contributed by atoms with Crippen LogP contribution >= 0.6 is 0 Å². The van der Waals surface area contributed by atoms with Gasteiger partial charge in [0, 0.05) is 6.61 Å². The summed E-state index contributed by atoms with van der Waals surface area (Å²) in [6.07, 6.45) is 5.87. The highest BCUT2D eigenvalue weighted by atomic mass is 16.5. The molecule has 1 heteroatoms. The van der Waals surface area contributed by atoms with Gasteiger partial charge in [-0.25, -0.2) is 0 Å². The summed E-state index contributed by atoms with van der Waals surface area (Å²) in [6, 6.07) is 0. The quantitative estimate of drug-likeness (QED) is 0.697. The van der Waals surface area contributed by atoms with Crippen molar-refractivity contribution < 1.29 is 4.74 Å². The van der Waals surface area contributed by atoms with Crippen LogP contribution in [0.3, 0.4) is 0 Å². The molecule has 0 aromatic carbocycles. The number of rotatable bonds is 5. The molecule has 0 radical (unpaired) electrons. The summed E-state index contributed by atoms with van der Waals surface area (Å²) in [5, 5.41) is 0. The maximum atomic E-state index is 5.66. The normalized spacial score (nSPS) is 52.2. The molecule has 0 bridgehead atoms. The lowest BCUT2D eigenvalue weighted by Crippen LogP contribution is -2.28. The smallest absolute Gasteiger partial charge is 0.0522 e. The zero-order chi connectivity index (χ0) is 13.2. The van der Waals surface area contributed by atoms with Crippen LogP contribution in [-0.4, -0.2) is 13.2 Å². The number of hydrogen-bond donors (Lipinski definition) is 0. The lowest BCUT2D eigenvalue weighted by atomic mass is 9.69. The van der Waals surface area contributed by atoms with Crippen LogP contribution in [0.2, 0.25) is 0 Å². The molecule has 0 amide bonds. The second-order valence-electron chi connectivity index (χ2n) is 8.40. The standard InChI is InChI=1S/C17H30O/c1-6-18-11-16(4)9-13(16)7-12-8-14-10-17(14,5)15(12,2)3/h12-14H,6-11H2,1-5H3/t12-,13?,14?,16?,17-/m0/s1. The summed E-state index contributed by atoms with van der Waals surface area (Å²) in [4.78, 5) is 0. The minimum atomic E-state index is 0.514. The van der Waals surface area contributed by atoms with Gasteiger partial charge in [-0.1, -0.05) is 27.7 Å². The van der Waals surface area contributed by atoms with Gasteiger partial charge in [-0.15, -0.1) is 0 Å². The summed E-state index contributed by atoms with van der Waals surface area (Å²) >= 11 is 0. The Hall–Kier alpha value is -0.0400. The van der Waals surface area contributed by atoms with E-state index in [4.69, 9.17) is 4.74 Å². The molecular formula is C17H30O. The molecule has 3 rings (SSSR count). The SMILES string of the molecule is CCOCC1(C)CC1C[C@H]1CC2C[C@]2(C)C1(C)C. The molecule has 0 spiro atoms. The van der Waals surface area contributed by atoms with E-state index in [1.165, 1.54) is 25.7 Å². The second-order valence-corrected chi connectivity index (χ2v) is 8.40. The minimum Gasteiger partial charge on any atom is -0.381 e. The van der Waals surface area contributed by atoms with E-state index < -0.39 is 0 Å². The van der Waals surface area contributed by atoms with Crippen LogP contribution in [0.25, 0.3) is 0 Å². The summed E-state index contributed by atoms with van der Waals surface area (Å²) in [5.41, 5.74) is 1.77. The van der Waals surface area contributed by atoms with Crippen LogP contribution in [0.1, 0.15) is 60.3 Å². The van der Waals surface area contributed by atoms with Crippen molar-refractivity contribution in [1.82, 2.24) is 0 Å². The number of ether oxygens (including phenoxy) is 1. The van der Waals surface area contributed by atoms with E-state index in [-0.39, 0.29) is 0 Å². The van der Waals surface area contributed by atoms with Crippen LogP contribution < -0.4 is 0 Å². The van der Waals surface area contributed by atoms with Gasteiger partial charge in [-0.05, 0) is 66.6 Å². The molecular weight excluding hydrogens is 220 g/mol. The van der Waals surface area contributed by atoms with E-state index in [1.54, 1.807) is 0 Å². The predicted molar refractivity (Wildman–Crippen MR) is 75.4 cm³/mol. The molecule has 0 aromatic rings. The van der Waals surface area contributed by atoms with Gasteiger partial charge in [-0.2, -0.15) is 0 Å². The molecule has 1 nitrogen and oxygen atoms in total. The zero-order valence-corrected chi connectivity index (χ0v) is 12.9. The first-order valence-corrected chi connectivity index (χ1v) is 7.91. The van der Waals surface area contributed by atoms with Gasteiger partial charge >= 0.3 is 0 Å². The van der Waals surface area contributed by atoms with Crippen LogP contribution in [-0.2, 0) is 4.74 Å². The van der Waals surface area contributed by atoms with Crippen molar-refractivity contribution in [1.29, 1.82) is 0 Å². The molecule has 3 aliphatic rings. The molecule has 104 valence electrons. The molecule has 5 atom stereocenters. The van der Waals surface area contributed by atoms with E-state index in [2.05, 4.69) is 34.6 Å². The van der Waals surface area contributed by atoms with E-state index in [9.17, 15) is 0 Å². The van der Waals surface area contributed by atoms with Crippen molar-refractivity contribution in [2.75, 3.05) is 13.2 Å². The second kappa shape index (κ2) is 3.75. The topological polar surface area (TPSA) is 9.23 Å². The Balaban J connectivity index is 1.57. The summed E-state index contributed by atoms with van der Waals surface area (Å²) in [5.74, 6) is 2.96. The first kappa shape index (κ1) is 13.0. The average Bonchev–Trinajstić information content (AvgIpc) is 3.12. The molecule has 0 aliphatic heterocycles. The maximum Gasteiger partial charge on any atom is 0.0522 e. The van der Waals surface area contributed by atoms with Gasteiger partial charge < -0.3 is 4.74 Å². The van der Waals surface area contributed by atoms with E-state index in [0.717, 1.165) is 31.0 Å². The van der Waals surface area contributed by atoms with E-state index in [0.29, 0.717) is 16.2 Å². The van der Waals surface area contributed by atoms with Crippen molar-refractivity contribution in [3.05, 3.63) is 0 Å². The molecule has 18 heavy (non-hydrogen) atoms. The molecule has 3 aliphatic carbocycles. The Morgan fingerprint density at radius 1 is 1.06 bits per heavy atom. The minimum absolute atomic E-state index is 0.514. The first-order valence-electron chi connectivity index (χ1n) is 7.91. The van der Waals surface area contributed by atoms with Crippen molar-refractivity contribution >= 4 is 0 Å². The molecule has 3 saturated carbocycles. The number of fused-ring (bicyclic) bond motifs is 1. The third-order valence-electron chi connectivity index (χ3n) is 7.22. The van der Waals surface area contributed by atoms with Crippen molar-refractivity contribution in [3.8, 4) is 0 Å². The van der Waals surface area contributed by atoms with Gasteiger partial charge in [0.25, 0.3) is 0 Å². The first-order chi connectivity index (χ1) is 8.33. The lowest BCUT2D eigenvalue weighted by Gasteiger charge is -2.36. The monoisotopic (exact) mass is 250 g/mol. The molecule has 0 saturated heterocycles. The Kier molecular flexibility index (Phi) is 2.70. The molecule has 3 fully saturated rings. The van der Waals surface area contributed by atoms with Gasteiger partial charge in [0.1, 0.15) is 0 Å². The Morgan fingerprint density at radius 2 is 1.78 bits per heavy atom. The zero-order valence-electron chi connectivity index (χ0n) is 12.9. The summed E-state index contributed by atoms with van der Waals surface area (Å²) in [7, 11) is 0. The fourth-order valence-corrected chi connectivity index (χ4v) is 4.81. The van der Waals surface area contributed by atoms with Gasteiger partial charge in [0.2, 0.25) is 0 Å². The van der Waals surface area contributed by atoms with Gasteiger partial charge in [0.15, 0.2) is 0 Å². The van der Waals surface area contributed by atoms with Crippen LogP contribution in [0.5, 0.6) is 0 Å². The molecule has 3 unspecified atom stereocenters. The molecule has 0 aromatic heterocycles. The largest absolute Gasteiger partial charge is 0.381 e. The lowest BCUT2D eigenvalue weighted by molar-refractivity contribution is 0.0902. The molecule has 0 N–H and O–H groups in total. The Morgan fingerprint density at radius 3 is 2.33 bits per heavy atom. The fourth-order valence-electron chi connectivity index (χ4n) is 4.81. The van der Waals surface area contributed by atoms with Crippen molar-refractivity contribution in [3.63, 3.8) is 0 Å². The van der Waals surface area contributed by atoms with Crippen molar-refractivity contribution in [2.24, 2.45) is 34.0 Å². The number of hydrogen-bond acceptors (Lipinski definition) is 1. The Bertz CT molecular complexity index is 348. The van der Waals surface area contributed by atoms with Crippen LogP contribution in [0.15, 0.2) is 0 Å². The van der Waals surface area contributed by atoms with Crippen molar-refractivity contribution in [2.45, 2.75) is 60.3 Å². The van der Waals surface area contributed by atoms with E-state index >= 15 is 0 Å². The highest BCUT2D eigenvalue weighted by Crippen LogP contribution is 2.75. The third-order valence-corrected chi connectivity index (χ3v) is 7.22. The maximum absolute atomic E-state index is 5.66. The fraction of sp³-hybridized carbons (Fsp3) is 1.00.